The summed E-state index contributed by atoms with van der Waals surface area (Å²) in [7, 11) is 0. The maximum absolute atomic E-state index is 12.1. The Kier molecular flexibility index (Phi) is 25.1. The summed E-state index contributed by atoms with van der Waals surface area (Å²) in [6.45, 7) is 23.8. The molecule has 0 spiro atoms. The van der Waals surface area contributed by atoms with Crippen LogP contribution in [0.1, 0.15) is 146 Å². The molecule has 0 aliphatic carbocycles. The van der Waals surface area contributed by atoms with Gasteiger partial charge in [-0.1, -0.05) is 100 Å². The summed E-state index contributed by atoms with van der Waals surface area (Å²) < 4.78 is 16.7. The van der Waals surface area contributed by atoms with Crippen LogP contribution >= 0.6 is 0 Å². The highest BCUT2D eigenvalue weighted by molar-refractivity contribution is 5.74. The number of unbranched alkanes of at least 4 members (excludes halogenated alkanes) is 6. The lowest BCUT2D eigenvalue weighted by Gasteiger charge is -2.30. The minimum Gasteiger partial charge on any atom is -0.481 e. The van der Waals surface area contributed by atoms with Gasteiger partial charge in [0.2, 0.25) is 0 Å². The zero-order chi connectivity index (χ0) is 31.0. The molecule has 0 bridgehead atoms. The first-order valence-corrected chi connectivity index (χ1v) is 16.3. The number of hydrogen-bond donors (Lipinski definition) is 1. The van der Waals surface area contributed by atoms with Crippen LogP contribution in [0.3, 0.4) is 0 Å². The highest BCUT2D eigenvalue weighted by atomic mass is 16.5. The first kappa shape index (κ1) is 41.0. The first-order chi connectivity index (χ1) is 18.8. The van der Waals surface area contributed by atoms with E-state index in [9.17, 15) is 14.7 Å². The van der Waals surface area contributed by atoms with Crippen molar-refractivity contribution in [3.63, 3.8) is 0 Å². The normalized spacial score (nSPS) is 14.2. The van der Waals surface area contributed by atoms with E-state index in [1.54, 1.807) is 0 Å². The van der Waals surface area contributed by atoms with Crippen molar-refractivity contribution >= 4 is 11.9 Å². The van der Waals surface area contributed by atoms with Crippen LogP contribution in [0, 0.1) is 28.6 Å². The third-order valence-electron chi connectivity index (χ3n) is 7.84. The summed E-state index contributed by atoms with van der Waals surface area (Å²) in [6.07, 6.45) is 13.7. The fourth-order valence-corrected chi connectivity index (χ4v) is 4.35. The maximum atomic E-state index is 12.1. The molecule has 0 aromatic heterocycles. The Morgan fingerprint density at radius 1 is 0.700 bits per heavy atom. The fraction of sp³-hybridized carbons (Fsp3) is 0.941. The molecule has 0 aliphatic rings. The van der Waals surface area contributed by atoms with Crippen molar-refractivity contribution < 1.29 is 28.9 Å². The Balaban J connectivity index is 0. The standard InChI is InChI=1S/C18H36O3.C16H32O3/c1-6-8-9-10-11-16(14-21-12-7-2)13-15(3)18(4,5)17(19)20;1-6-8-9-10-12-19-15(17)14(16(3,4)5)13-18-11-7-2/h15-16H,6-14H2,1-5H3,(H,19,20);14H,6-13H2,1-5H3. The van der Waals surface area contributed by atoms with Crippen molar-refractivity contribution in [1.29, 1.82) is 0 Å². The number of carboxylic acids is 1. The lowest BCUT2D eigenvalue weighted by Crippen LogP contribution is -2.34. The molecule has 0 saturated heterocycles. The number of carbonyl (C=O) groups is 2. The molecular weight excluding hydrogens is 504 g/mol. The van der Waals surface area contributed by atoms with Crippen LogP contribution in [0.15, 0.2) is 0 Å². The third-order valence-corrected chi connectivity index (χ3v) is 7.84. The van der Waals surface area contributed by atoms with E-state index in [4.69, 9.17) is 14.2 Å². The van der Waals surface area contributed by atoms with E-state index in [2.05, 4.69) is 55.4 Å². The largest absolute Gasteiger partial charge is 0.481 e. The van der Waals surface area contributed by atoms with Gasteiger partial charge in [-0.15, -0.1) is 0 Å². The van der Waals surface area contributed by atoms with Crippen LogP contribution < -0.4 is 0 Å². The number of carboxylic acid groups (broad SMARTS) is 1. The summed E-state index contributed by atoms with van der Waals surface area (Å²) in [5.41, 5.74) is -0.777. The molecule has 0 saturated carbocycles. The average molecular weight is 573 g/mol. The van der Waals surface area contributed by atoms with Crippen molar-refractivity contribution in [3.05, 3.63) is 0 Å². The Labute approximate surface area is 248 Å². The molecule has 6 heteroatoms. The van der Waals surface area contributed by atoms with Crippen molar-refractivity contribution in [2.75, 3.05) is 33.0 Å². The monoisotopic (exact) mass is 573 g/mol. The smallest absolute Gasteiger partial charge is 0.311 e. The predicted molar refractivity (Wildman–Crippen MR) is 168 cm³/mol. The fourth-order valence-electron chi connectivity index (χ4n) is 4.35. The summed E-state index contributed by atoms with van der Waals surface area (Å²) in [5, 5.41) is 9.35. The lowest BCUT2D eigenvalue weighted by molar-refractivity contribution is -0.155. The molecule has 3 unspecified atom stereocenters. The average Bonchev–Trinajstić information content (AvgIpc) is 2.88. The van der Waals surface area contributed by atoms with Crippen molar-refractivity contribution in [3.8, 4) is 0 Å². The maximum Gasteiger partial charge on any atom is 0.311 e. The third kappa shape index (κ3) is 20.7. The number of hydrogen-bond acceptors (Lipinski definition) is 5. The zero-order valence-corrected chi connectivity index (χ0v) is 28.2. The second-order valence-electron chi connectivity index (χ2n) is 13.2. The molecule has 6 nitrogen and oxygen atoms in total. The number of rotatable bonds is 23. The van der Waals surface area contributed by atoms with Crippen LogP contribution in [-0.2, 0) is 23.8 Å². The van der Waals surface area contributed by atoms with Crippen molar-refractivity contribution in [2.45, 2.75) is 146 Å². The van der Waals surface area contributed by atoms with Gasteiger partial charge in [-0.05, 0) is 63.2 Å². The van der Waals surface area contributed by atoms with Gasteiger partial charge in [0, 0.05) is 19.8 Å². The van der Waals surface area contributed by atoms with Gasteiger partial charge < -0.3 is 19.3 Å². The number of aliphatic carboxylic acids is 1. The molecule has 0 aromatic carbocycles. The lowest BCUT2D eigenvalue weighted by atomic mass is 9.75. The number of esters is 1. The van der Waals surface area contributed by atoms with Crippen LogP contribution in [-0.4, -0.2) is 50.1 Å². The van der Waals surface area contributed by atoms with E-state index in [-0.39, 0.29) is 23.2 Å². The van der Waals surface area contributed by atoms with Gasteiger partial charge in [0.1, 0.15) is 0 Å². The molecule has 0 fully saturated rings. The minimum atomic E-state index is -0.700. The van der Waals surface area contributed by atoms with Gasteiger partial charge in [0.05, 0.1) is 24.5 Å². The molecule has 0 radical (unpaired) electrons. The van der Waals surface area contributed by atoms with Crippen LogP contribution in [0.25, 0.3) is 0 Å². The molecule has 0 aliphatic heterocycles. The van der Waals surface area contributed by atoms with E-state index < -0.39 is 11.4 Å². The highest BCUT2D eigenvalue weighted by Gasteiger charge is 2.35. The minimum absolute atomic E-state index is 0.111. The summed E-state index contributed by atoms with van der Waals surface area (Å²) in [5.74, 6) is -0.335. The summed E-state index contributed by atoms with van der Waals surface area (Å²) >= 11 is 0. The van der Waals surface area contributed by atoms with Gasteiger partial charge in [-0.25, -0.2) is 0 Å². The van der Waals surface area contributed by atoms with E-state index in [1.165, 1.54) is 38.5 Å². The van der Waals surface area contributed by atoms with E-state index in [0.717, 1.165) is 51.7 Å². The van der Waals surface area contributed by atoms with Gasteiger partial charge in [0.15, 0.2) is 0 Å². The predicted octanol–water partition coefficient (Wildman–Crippen LogP) is 9.34. The van der Waals surface area contributed by atoms with Crippen molar-refractivity contribution in [2.24, 2.45) is 28.6 Å². The SMILES string of the molecule is CCCCCCC(COCCC)CC(C)C(C)(C)C(=O)O.CCCCCCOC(=O)C(COCCC)C(C)(C)C. The van der Waals surface area contributed by atoms with Gasteiger partial charge in [-0.3, -0.25) is 9.59 Å². The second-order valence-corrected chi connectivity index (χ2v) is 13.2. The first-order valence-electron chi connectivity index (χ1n) is 16.3. The topological polar surface area (TPSA) is 82.1 Å². The van der Waals surface area contributed by atoms with E-state index in [0.29, 0.717) is 25.7 Å². The van der Waals surface area contributed by atoms with Gasteiger partial charge in [-0.2, -0.15) is 0 Å². The molecular formula is C34H68O6. The molecule has 0 aromatic rings. The Hall–Kier alpha value is -1.14. The van der Waals surface area contributed by atoms with Crippen LogP contribution in [0.2, 0.25) is 0 Å². The van der Waals surface area contributed by atoms with Crippen LogP contribution in [0.4, 0.5) is 0 Å². The summed E-state index contributed by atoms with van der Waals surface area (Å²) in [4.78, 5) is 23.5. The van der Waals surface area contributed by atoms with E-state index in [1.807, 2.05) is 13.8 Å². The highest BCUT2D eigenvalue weighted by Crippen LogP contribution is 2.33. The zero-order valence-electron chi connectivity index (χ0n) is 28.2. The van der Waals surface area contributed by atoms with E-state index >= 15 is 0 Å². The molecule has 240 valence electrons. The quantitative estimate of drug-likeness (QED) is 0.0970. The molecule has 0 heterocycles. The Bertz CT molecular complexity index is 610. The Morgan fingerprint density at radius 2 is 1.23 bits per heavy atom. The van der Waals surface area contributed by atoms with Gasteiger partial charge >= 0.3 is 11.9 Å². The number of carbonyl (C=O) groups excluding carboxylic acids is 1. The number of ether oxygens (including phenoxy) is 3. The summed E-state index contributed by atoms with van der Waals surface area (Å²) in [6, 6.07) is 0. The Morgan fingerprint density at radius 3 is 1.70 bits per heavy atom. The van der Waals surface area contributed by atoms with Gasteiger partial charge in [0.25, 0.3) is 0 Å². The molecule has 3 atom stereocenters. The van der Waals surface area contributed by atoms with Crippen molar-refractivity contribution in [1.82, 2.24) is 0 Å². The second kappa shape index (κ2) is 24.5. The molecule has 0 amide bonds. The molecule has 1 N–H and O–H groups in total. The van der Waals surface area contributed by atoms with Crippen LogP contribution in [0.5, 0.6) is 0 Å². The molecule has 40 heavy (non-hydrogen) atoms. The molecule has 0 rings (SSSR count).